The van der Waals surface area contributed by atoms with Crippen LogP contribution in [-0.4, -0.2) is 36.8 Å². The first-order chi connectivity index (χ1) is 9.40. The summed E-state index contributed by atoms with van der Waals surface area (Å²) < 4.78 is 5.46. The first-order valence-electron chi connectivity index (χ1n) is 8.33. The lowest BCUT2D eigenvalue weighted by atomic mass is 9.84. The van der Waals surface area contributed by atoms with Crippen molar-refractivity contribution >= 4 is 11.8 Å². The second kappa shape index (κ2) is 9.25. The molecule has 2 aliphatic rings. The highest BCUT2D eigenvalue weighted by Gasteiger charge is 2.24. The second-order valence-corrected chi connectivity index (χ2v) is 7.44. The molecule has 0 aromatic heterocycles. The van der Waals surface area contributed by atoms with E-state index < -0.39 is 0 Å². The molecule has 1 aliphatic carbocycles. The summed E-state index contributed by atoms with van der Waals surface area (Å²) in [6.45, 7) is 5.42. The zero-order chi connectivity index (χ0) is 13.3. The van der Waals surface area contributed by atoms with Gasteiger partial charge in [-0.25, -0.2) is 0 Å². The van der Waals surface area contributed by atoms with E-state index in [1.54, 1.807) is 0 Å². The molecule has 19 heavy (non-hydrogen) atoms. The summed E-state index contributed by atoms with van der Waals surface area (Å²) in [7, 11) is 0. The van der Waals surface area contributed by atoms with E-state index in [0.717, 1.165) is 30.4 Å². The van der Waals surface area contributed by atoms with Crippen molar-refractivity contribution in [3.05, 3.63) is 0 Å². The molecule has 1 heterocycles. The van der Waals surface area contributed by atoms with Gasteiger partial charge in [0, 0.05) is 30.3 Å². The quantitative estimate of drug-likeness (QED) is 0.768. The number of hydrogen-bond donors (Lipinski definition) is 1. The lowest BCUT2D eigenvalue weighted by molar-refractivity contribution is 0.0999. The fraction of sp³-hybridized carbons (Fsp3) is 1.00. The Hall–Kier alpha value is 0.270. The van der Waals surface area contributed by atoms with E-state index in [9.17, 15) is 0 Å². The first-order valence-corrected chi connectivity index (χ1v) is 9.37. The van der Waals surface area contributed by atoms with Crippen LogP contribution < -0.4 is 5.32 Å². The lowest BCUT2D eigenvalue weighted by Gasteiger charge is -2.32. The average Bonchev–Trinajstić information content (AvgIpc) is 2.49. The maximum absolute atomic E-state index is 5.46. The van der Waals surface area contributed by atoms with Crippen molar-refractivity contribution in [2.24, 2.45) is 5.92 Å². The highest BCUT2D eigenvalue weighted by atomic mass is 32.2. The summed E-state index contributed by atoms with van der Waals surface area (Å²) in [6, 6.07) is 0.757. The third-order valence-corrected chi connectivity index (χ3v) is 6.05. The molecule has 1 unspecified atom stereocenters. The Balaban J connectivity index is 1.74. The molecule has 1 aliphatic heterocycles. The van der Waals surface area contributed by atoms with E-state index in [1.165, 1.54) is 63.7 Å². The van der Waals surface area contributed by atoms with Gasteiger partial charge in [0.05, 0.1) is 0 Å². The molecule has 0 bridgehead atoms. The highest BCUT2D eigenvalue weighted by Crippen LogP contribution is 2.30. The minimum absolute atomic E-state index is 0.757. The van der Waals surface area contributed by atoms with Gasteiger partial charge in [0.2, 0.25) is 0 Å². The van der Waals surface area contributed by atoms with Gasteiger partial charge in [-0.1, -0.05) is 26.2 Å². The Morgan fingerprint density at radius 3 is 2.53 bits per heavy atom. The third kappa shape index (κ3) is 5.65. The van der Waals surface area contributed by atoms with E-state index in [-0.39, 0.29) is 0 Å². The molecule has 2 fully saturated rings. The molecule has 1 saturated carbocycles. The maximum Gasteiger partial charge on any atom is 0.0476 e. The Morgan fingerprint density at radius 2 is 1.84 bits per heavy atom. The summed E-state index contributed by atoms with van der Waals surface area (Å²) in [5.74, 6) is 2.25. The molecule has 1 atom stereocenters. The fourth-order valence-electron chi connectivity index (χ4n) is 3.31. The Kier molecular flexibility index (Phi) is 7.62. The monoisotopic (exact) mass is 285 g/mol. The fourth-order valence-corrected chi connectivity index (χ4v) is 4.71. The molecule has 0 amide bonds. The first kappa shape index (κ1) is 15.7. The summed E-state index contributed by atoms with van der Waals surface area (Å²) in [4.78, 5) is 0. The largest absolute Gasteiger partial charge is 0.381 e. The van der Waals surface area contributed by atoms with Crippen molar-refractivity contribution in [3.63, 3.8) is 0 Å². The number of hydrogen-bond acceptors (Lipinski definition) is 3. The van der Waals surface area contributed by atoms with Gasteiger partial charge in [-0.05, 0) is 44.6 Å². The predicted molar refractivity (Wildman–Crippen MR) is 85.0 cm³/mol. The van der Waals surface area contributed by atoms with E-state index in [0.29, 0.717) is 0 Å². The van der Waals surface area contributed by atoms with Crippen LogP contribution in [0.2, 0.25) is 0 Å². The van der Waals surface area contributed by atoms with E-state index in [1.807, 2.05) is 0 Å². The van der Waals surface area contributed by atoms with Crippen LogP contribution in [0.25, 0.3) is 0 Å². The number of thioether (sulfide) groups is 1. The normalized spacial score (nSPS) is 24.5. The van der Waals surface area contributed by atoms with E-state index in [4.69, 9.17) is 4.74 Å². The van der Waals surface area contributed by atoms with Crippen LogP contribution in [0.3, 0.4) is 0 Å². The topological polar surface area (TPSA) is 21.3 Å². The number of nitrogens with one attached hydrogen (secondary N) is 1. The van der Waals surface area contributed by atoms with Crippen molar-refractivity contribution in [1.29, 1.82) is 0 Å². The summed E-state index contributed by atoms with van der Waals surface area (Å²) >= 11 is 2.21. The van der Waals surface area contributed by atoms with Crippen LogP contribution in [0, 0.1) is 5.92 Å². The van der Waals surface area contributed by atoms with Gasteiger partial charge in [0.15, 0.2) is 0 Å². The minimum atomic E-state index is 0.757. The Bertz CT molecular complexity index is 225. The molecule has 1 N–H and O–H groups in total. The molecule has 3 heteroatoms. The van der Waals surface area contributed by atoms with Crippen molar-refractivity contribution < 1.29 is 4.74 Å². The molecule has 2 rings (SSSR count). The minimum Gasteiger partial charge on any atom is -0.381 e. The van der Waals surface area contributed by atoms with Gasteiger partial charge < -0.3 is 10.1 Å². The standard InChI is InChI=1S/C16H31NOS/c1-2-10-17-16(14-6-4-3-5-7-14)13-19-15-8-11-18-12-9-15/h14-17H,2-13H2,1H3. The van der Waals surface area contributed by atoms with Gasteiger partial charge in [0.25, 0.3) is 0 Å². The van der Waals surface area contributed by atoms with Crippen molar-refractivity contribution in [1.82, 2.24) is 5.32 Å². The highest BCUT2D eigenvalue weighted by molar-refractivity contribution is 7.99. The van der Waals surface area contributed by atoms with Gasteiger partial charge in [-0.2, -0.15) is 11.8 Å². The summed E-state index contributed by atoms with van der Waals surface area (Å²) in [5.41, 5.74) is 0. The van der Waals surface area contributed by atoms with Crippen molar-refractivity contribution in [2.45, 2.75) is 69.6 Å². The molecule has 0 aromatic carbocycles. The van der Waals surface area contributed by atoms with Crippen LogP contribution >= 0.6 is 11.8 Å². The summed E-state index contributed by atoms with van der Waals surface area (Å²) in [5, 5.41) is 4.68. The zero-order valence-electron chi connectivity index (χ0n) is 12.5. The van der Waals surface area contributed by atoms with Crippen LogP contribution in [0.15, 0.2) is 0 Å². The molecule has 0 aromatic rings. The number of ether oxygens (including phenoxy) is 1. The lowest BCUT2D eigenvalue weighted by Crippen LogP contribution is -2.40. The van der Waals surface area contributed by atoms with Crippen LogP contribution in [0.4, 0.5) is 0 Å². The molecular weight excluding hydrogens is 254 g/mol. The third-order valence-electron chi connectivity index (χ3n) is 4.56. The average molecular weight is 285 g/mol. The Labute approximate surface area is 123 Å². The molecular formula is C16H31NOS. The summed E-state index contributed by atoms with van der Waals surface area (Å²) in [6.07, 6.45) is 11.1. The van der Waals surface area contributed by atoms with Gasteiger partial charge in [0.1, 0.15) is 0 Å². The SMILES string of the molecule is CCCNC(CSC1CCOCC1)C1CCCCC1. The van der Waals surface area contributed by atoms with Crippen molar-refractivity contribution in [2.75, 3.05) is 25.5 Å². The molecule has 0 spiro atoms. The Morgan fingerprint density at radius 1 is 1.11 bits per heavy atom. The molecule has 2 nitrogen and oxygen atoms in total. The van der Waals surface area contributed by atoms with Crippen LogP contribution in [-0.2, 0) is 4.74 Å². The molecule has 1 saturated heterocycles. The molecule has 112 valence electrons. The predicted octanol–water partition coefficient (Wildman–Crippen LogP) is 3.85. The molecule has 0 radical (unpaired) electrons. The maximum atomic E-state index is 5.46. The van der Waals surface area contributed by atoms with E-state index >= 15 is 0 Å². The van der Waals surface area contributed by atoms with Crippen LogP contribution in [0.5, 0.6) is 0 Å². The zero-order valence-corrected chi connectivity index (χ0v) is 13.4. The van der Waals surface area contributed by atoms with Crippen molar-refractivity contribution in [3.8, 4) is 0 Å². The van der Waals surface area contributed by atoms with Gasteiger partial charge >= 0.3 is 0 Å². The van der Waals surface area contributed by atoms with E-state index in [2.05, 4.69) is 24.0 Å². The number of rotatable bonds is 7. The van der Waals surface area contributed by atoms with Gasteiger partial charge in [-0.3, -0.25) is 0 Å². The smallest absolute Gasteiger partial charge is 0.0476 e. The van der Waals surface area contributed by atoms with Gasteiger partial charge in [-0.15, -0.1) is 0 Å². The van der Waals surface area contributed by atoms with Crippen LogP contribution in [0.1, 0.15) is 58.3 Å². The second-order valence-electron chi connectivity index (χ2n) is 6.10.